The van der Waals surface area contributed by atoms with Crippen LogP contribution >= 0.6 is 15.9 Å². The second-order valence-corrected chi connectivity index (χ2v) is 3.08. The number of oxime groups is 1. The summed E-state index contributed by atoms with van der Waals surface area (Å²) in [5, 5.41) is 11.2. The minimum atomic E-state index is 0.722. The van der Waals surface area contributed by atoms with Gasteiger partial charge in [-0.25, -0.2) is 0 Å². The number of nitrogens with zero attached hydrogens (tertiary/aromatic N) is 1. The number of ether oxygens (including phenoxy) is 1. The average Bonchev–Trinajstić information content (AvgIpc) is 2.04. The summed E-state index contributed by atoms with van der Waals surface area (Å²) in [5.74, 6) is 0.722. The molecule has 0 atom stereocenters. The maximum absolute atomic E-state index is 8.29. The van der Waals surface area contributed by atoms with Crippen LogP contribution in [-0.4, -0.2) is 18.5 Å². The highest BCUT2D eigenvalue weighted by Gasteiger charge is 1.96. The van der Waals surface area contributed by atoms with Gasteiger partial charge in [0.25, 0.3) is 0 Å². The highest BCUT2D eigenvalue weighted by molar-refractivity contribution is 9.10. The summed E-state index contributed by atoms with van der Waals surface area (Å²) in [7, 11) is 1.58. The maximum Gasteiger partial charge on any atom is 0.120 e. The minimum Gasteiger partial charge on any atom is -0.497 e. The van der Waals surface area contributed by atoms with E-state index in [-0.39, 0.29) is 0 Å². The van der Waals surface area contributed by atoms with E-state index in [1.54, 1.807) is 13.2 Å². The smallest absolute Gasteiger partial charge is 0.120 e. The predicted octanol–water partition coefficient (Wildman–Crippen LogP) is 2.27. The molecular formula is C8H8BrNO2. The molecule has 0 saturated heterocycles. The second kappa shape index (κ2) is 4.11. The lowest BCUT2D eigenvalue weighted by atomic mass is 10.2. The molecule has 0 radical (unpaired) electrons. The van der Waals surface area contributed by atoms with Crippen molar-refractivity contribution in [1.29, 1.82) is 0 Å². The minimum absolute atomic E-state index is 0.722. The Morgan fingerprint density at radius 2 is 2.25 bits per heavy atom. The molecule has 64 valence electrons. The number of methoxy groups -OCH3 is 1. The van der Waals surface area contributed by atoms with Gasteiger partial charge in [-0.2, -0.15) is 0 Å². The van der Waals surface area contributed by atoms with E-state index in [0.717, 1.165) is 15.8 Å². The second-order valence-electron chi connectivity index (χ2n) is 2.17. The Morgan fingerprint density at radius 3 is 2.83 bits per heavy atom. The zero-order valence-electron chi connectivity index (χ0n) is 6.49. The topological polar surface area (TPSA) is 41.8 Å². The van der Waals surface area contributed by atoms with Gasteiger partial charge in [0.1, 0.15) is 5.75 Å². The van der Waals surface area contributed by atoms with Crippen LogP contribution in [0.4, 0.5) is 0 Å². The number of hydrogen-bond donors (Lipinski definition) is 1. The highest BCUT2D eigenvalue weighted by atomic mass is 79.9. The first-order valence-electron chi connectivity index (χ1n) is 3.28. The van der Waals surface area contributed by atoms with Gasteiger partial charge in [0.15, 0.2) is 0 Å². The van der Waals surface area contributed by atoms with E-state index < -0.39 is 0 Å². The molecule has 12 heavy (non-hydrogen) atoms. The Hall–Kier alpha value is -1.03. The molecular weight excluding hydrogens is 222 g/mol. The fraction of sp³-hybridized carbons (Fsp3) is 0.125. The molecule has 0 aliphatic heterocycles. The van der Waals surface area contributed by atoms with E-state index >= 15 is 0 Å². The van der Waals surface area contributed by atoms with Crippen molar-refractivity contribution in [2.45, 2.75) is 0 Å². The molecule has 0 saturated carbocycles. The Kier molecular flexibility index (Phi) is 3.10. The molecule has 0 bridgehead atoms. The molecule has 0 aliphatic rings. The molecule has 0 unspecified atom stereocenters. The third-order valence-corrected chi connectivity index (χ3v) is 1.79. The van der Waals surface area contributed by atoms with Gasteiger partial charge in [0.05, 0.1) is 13.3 Å². The largest absolute Gasteiger partial charge is 0.497 e. The van der Waals surface area contributed by atoms with E-state index in [2.05, 4.69) is 21.1 Å². The summed E-state index contributed by atoms with van der Waals surface area (Å²) < 4.78 is 5.89. The molecule has 1 aromatic rings. The summed E-state index contributed by atoms with van der Waals surface area (Å²) in [6.45, 7) is 0. The fourth-order valence-corrected chi connectivity index (χ4v) is 1.33. The monoisotopic (exact) mass is 229 g/mol. The van der Waals surface area contributed by atoms with Gasteiger partial charge in [-0.3, -0.25) is 0 Å². The zero-order chi connectivity index (χ0) is 8.97. The summed E-state index contributed by atoms with van der Waals surface area (Å²) in [6, 6.07) is 5.42. The van der Waals surface area contributed by atoms with Crippen molar-refractivity contribution in [2.24, 2.45) is 5.16 Å². The van der Waals surface area contributed by atoms with Gasteiger partial charge >= 0.3 is 0 Å². The van der Waals surface area contributed by atoms with Gasteiger partial charge in [0, 0.05) is 10.0 Å². The Labute approximate surface area is 78.8 Å². The Bertz CT molecular complexity index is 299. The third-order valence-electron chi connectivity index (χ3n) is 1.34. The summed E-state index contributed by atoms with van der Waals surface area (Å²) in [6.07, 6.45) is 1.34. The van der Waals surface area contributed by atoms with Gasteiger partial charge < -0.3 is 9.94 Å². The van der Waals surface area contributed by atoms with Gasteiger partial charge in [-0.05, 0) is 18.2 Å². The molecule has 0 aliphatic carbocycles. The molecule has 3 nitrogen and oxygen atoms in total. The lowest BCUT2D eigenvalue weighted by molar-refractivity contribution is 0.322. The van der Waals surface area contributed by atoms with Crippen LogP contribution in [0, 0.1) is 0 Å². The number of rotatable bonds is 2. The molecule has 1 N–H and O–H groups in total. The molecule has 1 aromatic carbocycles. The molecule has 0 amide bonds. The summed E-state index contributed by atoms with van der Waals surface area (Å²) in [4.78, 5) is 0. The van der Waals surface area contributed by atoms with Crippen molar-refractivity contribution in [3.8, 4) is 5.75 Å². The zero-order valence-corrected chi connectivity index (χ0v) is 8.08. The number of hydrogen-bond acceptors (Lipinski definition) is 3. The average molecular weight is 230 g/mol. The van der Waals surface area contributed by atoms with Crippen LogP contribution in [0.2, 0.25) is 0 Å². The van der Waals surface area contributed by atoms with Gasteiger partial charge in [-0.15, -0.1) is 0 Å². The van der Waals surface area contributed by atoms with Gasteiger partial charge in [-0.1, -0.05) is 21.1 Å². The van der Waals surface area contributed by atoms with Crippen LogP contribution in [0.1, 0.15) is 5.56 Å². The number of halogens is 1. The highest BCUT2D eigenvalue weighted by Crippen LogP contribution is 2.19. The third kappa shape index (κ3) is 2.23. The maximum atomic E-state index is 8.29. The predicted molar refractivity (Wildman–Crippen MR) is 50.1 cm³/mol. The van der Waals surface area contributed by atoms with Crippen molar-refractivity contribution >= 4 is 22.1 Å². The van der Waals surface area contributed by atoms with Crippen molar-refractivity contribution in [3.63, 3.8) is 0 Å². The van der Waals surface area contributed by atoms with Crippen LogP contribution in [0.3, 0.4) is 0 Å². The van der Waals surface area contributed by atoms with Gasteiger partial charge in [0.2, 0.25) is 0 Å². The van der Waals surface area contributed by atoms with Crippen LogP contribution in [-0.2, 0) is 0 Å². The normalized spacial score (nSPS) is 10.5. The molecule has 1 rings (SSSR count). The standard InChI is InChI=1S/C8H8BrNO2/c1-12-8-3-6(5-10-11)2-7(9)4-8/h2-5,11H,1H3/b10-5+. The van der Waals surface area contributed by atoms with Crippen molar-refractivity contribution in [3.05, 3.63) is 28.2 Å². The molecule has 0 aromatic heterocycles. The number of benzene rings is 1. The van der Waals surface area contributed by atoms with E-state index in [4.69, 9.17) is 9.94 Å². The summed E-state index contributed by atoms with van der Waals surface area (Å²) in [5.41, 5.74) is 0.781. The first-order chi connectivity index (χ1) is 5.76. The Balaban J connectivity index is 3.06. The summed E-state index contributed by atoms with van der Waals surface area (Å²) >= 11 is 3.30. The van der Waals surface area contributed by atoms with Crippen LogP contribution in [0.5, 0.6) is 5.75 Å². The van der Waals surface area contributed by atoms with Crippen molar-refractivity contribution in [1.82, 2.24) is 0 Å². The molecule has 0 heterocycles. The van der Waals surface area contributed by atoms with E-state index in [1.807, 2.05) is 12.1 Å². The van der Waals surface area contributed by atoms with E-state index in [0.29, 0.717) is 0 Å². The first kappa shape index (κ1) is 9.06. The molecule has 0 spiro atoms. The SMILES string of the molecule is COc1cc(Br)cc(/C=N/O)c1. The van der Waals surface area contributed by atoms with Crippen molar-refractivity contribution < 1.29 is 9.94 Å². The van der Waals surface area contributed by atoms with Crippen LogP contribution in [0.25, 0.3) is 0 Å². The van der Waals surface area contributed by atoms with E-state index in [9.17, 15) is 0 Å². The Morgan fingerprint density at radius 1 is 1.50 bits per heavy atom. The first-order valence-corrected chi connectivity index (χ1v) is 4.07. The fourth-order valence-electron chi connectivity index (χ4n) is 0.843. The van der Waals surface area contributed by atoms with Crippen LogP contribution in [0.15, 0.2) is 27.8 Å². The van der Waals surface area contributed by atoms with Crippen molar-refractivity contribution in [2.75, 3.05) is 7.11 Å². The van der Waals surface area contributed by atoms with E-state index in [1.165, 1.54) is 6.21 Å². The van der Waals surface area contributed by atoms with Crippen LogP contribution < -0.4 is 4.74 Å². The molecule has 4 heteroatoms. The lowest BCUT2D eigenvalue weighted by Gasteiger charge is -2.01. The quantitative estimate of drug-likeness (QED) is 0.481. The lowest BCUT2D eigenvalue weighted by Crippen LogP contribution is -1.86. The molecule has 0 fully saturated rings.